The maximum atomic E-state index is 12.0. The Balaban J connectivity index is 1.96. The van der Waals surface area contributed by atoms with Gasteiger partial charge in [0, 0.05) is 29.1 Å². The second-order valence-corrected chi connectivity index (χ2v) is 5.56. The molecule has 0 aromatic carbocycles. The van der Waals surface area contributed by atoms with E-state index in [1.807, 2.05) is 11.5 Å². The molecule has 1 amide bonds. The first-order chi connectivity index (χ1) is 9.69. The number of hydrogen-bond donors (Lipinski definition) is 1. The molecule has 1 atom stereocenters. The number of halogens is 1. The lowest BCUT2D eigenvalue weighted by molar-refractivity contribution is 0.0935. The predicted molar refractivity (Wildman–Crippen MR) is 83.8 cm³/mol. The van der Waals surface area contributed by atoms with E-state index in [9.17, 15) is 4.79 Å². The smallest absolute Gasteiger partial charge is 0.271 e. The van der Waals surface area contributed by atoms with Gasteiger partial charge in [-0.25, -0.2) is 4.98 Å². The Morgan fingerprint density at radius 2 is 2.30 bits per heavy atom. The lowest BCUT2D eigenvalue weighted by Crippen LogP contribution is -2.33. The molecule has 0 spiro atoms. The first-order valence-electron chi connectivity index (χ1n) is 6.32. The van der Waals surface area contributed by atoms with E-state index in [0.717, 1.165) is 16.5 Å². The van der Waals surface area contributed by atoms with Gasteiger partial charge in [0.05, 0.1) is 24.8 Å². The van der Waals surface area contributed by atoms with E-state index in [4.69, 9.17) is 0 Å². The van der Waals surface area contributed by atoms with Crippen LogP contribution >= 0.6 is 22.6 Å². The second kappa shape index (κ2) is 7.32. The van der Waals surface area contributed by atoms with Crippen molar-refractivity contribution >= 4 is 28.5 Å². The van der Waals surface area contributed by atoms with Gasteiger partial charge in [-0.1, -0.05) is 22.6 Å². The summed E-state index contributed by atoms with van der Waals surface area (Å²) in [7, 11) is 0. The van der Waals surface area contributed by atoms with Crippen LogP contribution in [0.5, 0.6) is 0 Å². The summed E-state index contributed by atoms with van der Waals surface area (Å²) >= 11 is 2.30. The fourth-order valence-corrected chi connectivity index (χ4v) is 2.63. The third-order valence-electron chi connectivity index (χ3n) is 2.75. The molecule has 20 heavy (non-hydrogen) atoms. The van der Waals surface area contributed by atoms with Gasteiger partial charge in [0.1, 0.15) is 5.69 Å². The molecule has 7 heteroatoms. The molecule has 106 valence electrons. The minimum atomic E-state index is -0.139. The Hall–Kier alpha value is -1.51. The lowest BCUT2D eigenvalue weighted by Gasteiger charge is -2.10. The largest absolute Gasteiger partial charge is 0.348 e. The SMILES string of the molecule is CC(CCI)NC(=O)c1cn(Cc2cnccn2)cn1. The van der Waals surface area contributed by atoms with Gasteiger partial charge < -0.3 is 9.88 Å². The number of carbonyl (C=O) groups is 1. The minimum Gasteiger partial charge on any atom is -0.348 e. The Morgan fingerprint density at radius 3 is 3.00 bits per heavy atom. The number of carbonyl (C=O) groups excluding carboxylic acids is 1. The van der Waals surface area contributed by atoms with E-state index in [0.29, 0.717) is 12.2 Å². The van der Waals surface area contributed by atoms with Gasteiger partial charge in [-0.05, 0) is 13.3 Å². The van der Waals surface area contributed by atoms with E-state index >= 15 is 0 Å². The Morgan fingerprint density at radius 1 is 1.45 bits per heavy atom. The molecule has 0 aliphatic rings. The molecule has 0 saturated carbocycles. The van der Waals surface area contributed by atoms with Gasteiger partial charge >= 0.3 is 0 Å². The van der Waals surface area contributed by atoms with Crippen LogP contribution in [0.15, 0.2) is 31.1 Å². The van der Waals surface area contributed by atoms with Crippen molar-refractivity contribution in [2.24, 2.45) is 0 Å². The highest BCUT2D eigenvalue weighted by atomic mass is 127. The number of rotatable bonds is 6. The molecular weight excluding hydrogens is 369 g/mol. The lowest BCUT2D eigenvalue weighted by atomic mass is 10.2. The van der Waals surface area contributed by atoms with Crippen LogP contribution in [-0.4, -0.2) is 35.9 Å². The van der Waals surface area contributed by atoms with E-state index in [-0.39, 0.29) is 11.9 Å². The normalized spacial score (nSPS) is 12.1. The molecule has 2 aromatic rings. The van der Waals surface area contributed by atoms with Crippen molar-refractivity contribution in [3.8, 4) is 0 Å². The van der Waals surface area contributed by atoms with Gasteiger partial charge in [-0.2, -0.15) is 0 Å². The van der Waals surface area contributed by atoms with Crippen molar-refractivity contribution in [2.45, 2.75) is 25.9 Å². The predicted octanol–water partition coefficient (Wildman–Crippen LogP) is 1.66. The second-order valence-electron chi connectivity index (χ2n) is 4.48. The molecule has 0 aliphatic carbocycles. The maximum Gasteiger partial charge on any atom is 0.271 e. The van der Waals surface area contributed by atoms with Crippen molar-refractivity contribution < 1.29 is 4.79 Å². The molecule has 2 rings (SSSR count). The molecule has 0 saturated heterocycles. The van der Waals surface area contributed by atoms with Crippen molar-refractivity contribution in [2.75, 3.05) is 4.43 Å². The standard InChI is InChI=1S/C13H16IN5O/c1-10(2-3-14)18-13(20)12-8-19(9-17-12)7-11-6-15-4-5-16-11/h4-6,8-10H,2-3,7H2,1H3,(H,18,20). The fourth-order valence-electron chi connectivity index (χ4n) is 1.70. The van der Waals surface area contributed by atoms with Gasteiger partial charge in [0.25, 0.3) is 5.91 Å². The zero-order valence-corrected chi connectivity index (χ0v) is 13.3. The van der Waals surface area contributed by atoms with Crippen LogP contribution in [0.4, 0.5) is 0 Å². The van der Waals surface area contributed by atoms with Crippen LogP contribution < -0.4 is 5.32 Å². The fraction of sp³-hybridized carbons (Fsp3) is 0.385. The molecule has 6 nitrogen and oxygen atoms in total. The Labute approximate surface area is 131 Å². The third-order valence-corrected chi connectivity index (χ3v) is 3.37. The van der Waals surface area contributed by atoms with Gasteiger partial charge in [-0.15, -0.1) is 0 Å². The topological polar surface area (TPSA) is 72.7 Å². The van der Waals surface area contributed by atoms with E-state index in [1.165, 1.54) is 0 Å². The molecule has 0 fully saturated rings. The quantitative estimate of drug-likeness (QED) is 0.607. The summed E-state index contributed by atoms with van der Waals surface area (Å²) in [4.78, 5) is 24.3. The number of amides is 1. The molecule has 1 N–H and O–H groups in total. The zero-order chi connectivity index (χ0) is 14.4. The number of alkyl halides is 1. The number of hydrogen-bond acceptors (Lipinski definition) is 4. The Bertz CT molecular complexity index is 557. The van der Waals surface area contributed by atoms with Crippen LogP contribution in [-0.2, 0) is 6.54 Å². The highest BCUT2D eigenvalue weighted by Gasteiger charge is 2.12. The summed E-state index contributed by atoms with van der Waals surface area (Å²) in [6.45, 7) is 2.55. The average molecular weight is 385 g/mol. The zero-order valence-electron chi connectivity index (χ0n) is 11.2. The summed E-state index contributed by atoms with van der Waals surface area (Å²) in [5.74, 6) is -0.139. The highest BCUT2D eigenvalue weighted by molar-refractivity contribution is 14.1. The molecule has 0 bridgehead atoms. The number of nitrogens with one attached hydrogen (secondary N) is 1. The van der Waals surface area contributed by atoms with Gasteiger partial charge in [0.15, 0.2) is 0 Å². The van der Waals surface area contributed by atoms with Crippen molar-refractivity contribution in [1.29, 1.82) is 0 Å². The average Bonchev–Trinajstić information content (AvgIpc) is 2.89. The van der Waals surface area contributed by atoms with Crippen molar-refractivity contribution in [3.05, 3.63) is 42.5 Å². The first-order valence-corrected chi connectivity index (χ1v) is 7.85. The third kappa shape index (κ3) is 4.26. The molecule has 2 aromatic heterocycles. The van der Waals surface area contributed by atoms with E-state index < -0.39 is 0 Å². The summed E-state index contributed by atoms with van der Waals surface area (Å²) in [5.41, 5.74) is 1.25. The molecule has 0 radical (unpaired) electrons. The summed E-state index contributed by atoms with van der Waals surface area (Å²) in [6.07, 6.45) is 9.28. The van der Waals surface area contributed by atoms with Gasteiger partial charge in [-0.3, -0.25) is 14.8 Å². The first kappa shape index (κ1) is 14.9. The van der Waals surface area contributed by atoms with Crippen molar-refractivity contribution in [1.82, 2.24) is 24.8 Å². The number of imidazole rings is 1. The molecule has 0 aliphatic heterocycles. The Kier molecular flexibility index (Phi) is 5.45. The number of nitrogens with zero attached hydrogens (tertiary/aromatic N) is 4. The van der Waals surface area contributed by atoms with Crippen LogP contribution in [0, 0.1) is 0 Å². The van der Waals surface area contributed by atoms with E-state index in [2.05, 4.69) is 42.9 Å². The van der Waals surface area contributed by atoms with Crippen LogP contribution in [0.3, 0.4) is 0 Å². The van der Waals surface area contributed by atoms with Crippen LogP contribution in [0.2, 0.25) is 0 Å². The van der Waals surface area contributed by atoms with E-state index in [1.54, 1.807) is 31.1 Å². The summed E-state index contributed by atoms with van der Waals surface area (Å²) < 4.78 is 2.84. The number of aromatic nitrogens is 4. The summed E-state index contributed by atoms with van der Waals surface area (Å²) in [5, 5.41) is 2.93. The highest BCUT2D eigenvalue weighted by Crippen LogP contribution is 2.02. The summed E-state index contributed by atoms with van der Waals surface area (Å²) in [6, 6.07) is 0.157. The molecular formula is C13H16IN5O. The van der Waals surface area contributed by atoms with Crippen molar-refractivity contribution in [3.63, 3.8) is 0 Å². The maximum absolute atomic E-state index is 12.0. The molecule has 2 heterocycles. The minimum absolute atomic E-state index is 0.139. The monoisotopic (exact) mass is 385 g/mol. The van der Waals surface area contributed by atoms with Gasteiger partial charge in [0.2, 0.25) is 0 Å². The molecule has 1 unspecified atom stereocenters. The van der Waals surface area contributed by atoms with Crippen LogP contribution in [0.25, 0.3) is 0 Å². The van der Waals surface area contributed by atoms with Crippen LogP contribution in [0.1, 0.15) is 29.5 Å².